The van der Waals surface area contributed by atoms with Gasteiger partial charge in [0.2, 0.25) is 0 Å². The van der Waals surface area contributed by atoms with Crippen molar-refractivity contribution in [3.05, 3.63) is 0 Å². The smallest absolute Gasteiger partial charge is 0.119 e. The molecule has 2 fully saturated rings. The SMILES string of the molecule is C[C@H]1CCC[C@@]2(C1)N[C@H](C)CO2. The lowest BCUT2D eigenvalue weighted by molar-refractivity contribution is -0.0516. The van der Waals surface area contributed by atoms with E-state index in [4.69, 9.17) is 4.74 Å². The molecule has 2 heteroatoms. The summed E-state index contributed by atoms with van der Waals surface area (Å²) < 4.78 is 5.85. The van der Waals surface area contributed by atoms with E-state index in [9.17, 15) is 0 Å². The number of hydrogen-bond acceptors (Lipinski definition) is 2. The lowest BCUT2D eigenvalue weighted by atomic mass is 9.84. The van der Waals surface area contributed by atoms with Crippen molar-refractivity contribution in [1.82, 2.24) is 5.32 Å². The molecule has 0 aromatic rings. The summed E-state index contributed by atoms with van der Waals surface area (Å²) >= 11 is 0. The van der Waals surface area contributed by atoms with E-state index in [1.807, 2.05) is 0 Å². The molecule has 1 saturated carbocycles. The first-order valence-corrected chi connectivity index (χ1v) is 5.12. The summed E-state index contributed by atoms with van der Waals surface area (Å²) in [6.45, 7) is 5.43. The molecule has 0 unspecified atom stereocenters. The topological polar surface area (TPSA) is 21.3 Å². The van der Waals surface area contributed by atoms with Gasteiger partial charge in [-0.3, -0.25) is 5.32 Å². The molecule has 2 rings (SSSR count). The molecule has 1 heterocycles. The molecule has 70 valence electrons. The van der Waals surface area contributed by atoms with Crippen molar-refractivity contribution in [2.24, 2.45) is 5.92 Å². The summed E-state index contributed by atoms with van der Waals surface area (Å²) in [6, 6.07) is 0.551. The molecular weight excluding hydrogens is 150 g/mol. The van der Waals surface area contributed by atoms with E-state index >= 15 is 0 Å². The maximum absolute atomic E-state index is 5.85. The Hall–Kier alpha value is -0.0800. The van der Waals surface area contributed by atoms with Crippen LogP contribution in [0.5, 0.6) is 0 Å². The molecule has 1 aliphatic heterocycles. The molecule has 0 aromatic carbocycles. The lowest BCUT2D eigenvalue weighted by Gasteiger charge is -2.36. The zero-order valence-electron chi connectivity index (χ0n) is 8.10. The predicted octanol–water partition coefficient (Wildman–Crippen LogP) is 1.90. The Morgan fingerprint density at radius 1 is 1.42 bits per heavy atom. The molecule has 1 saturated heterocycles. The van der Waals surface area contributed by atoms with Gasteiger partial charge in [0.1, 0.15) is 5.72 Å². The van der Waals surface area contributed by atoms with Crippen LogP contribution >= 0.6 is 0 Å². The zero-order valence-corrected chi connectivity index (χ0v) is 8.10. The van der Waals surface area contributed by atoms with Gasteiger partial charge in [0.15, 0.2) is 0 Å². The molecule has 1 spiro atoms. The van der Waals surface area contributed by atoms with Crippen molar-refractivity contribution in [3.63, 3.8) is 0 Å². The average molecular weight is 169 g/mol. The van der Waals surface area contributed by atoms with Crippen LogP contribution in [0.25, 0.3) is 0 Å². The highest BCUT2D eigenvalue weighted by Crippen LogP contribution is 2.35. The van der Waals surface area contributed by atoms with E-state index in [2.05, 4.69) is 19.2 Å². The Morgan fingerprint density at radius 2 is 2.25 bits per heavy atom. The number of hydrogen-bond donors (Lipinski definition) is 1. The summed E-state index contributed by atoms with van der Waals surface area (Å²) in [5.74, 6) is 0.830. The van der Waals surface area contributed by atoms with Crippen LogP contribution in [-0.4, -0.2) is 18.4 Å². The largest absolute Gasteiger partial charge is 0.359 e. The lowest BCUT2D eigenvalue weighted by Crippen LogP contribution is -2.46. The van der Waals surface area contributed by atoms with Crippen molar-refractivity contribution < 1.29 is 4.74 Å². The van der Waals surface area contributed by atoms with Crippen LogP contribution in [-0.2, 0) is 4.74 Å². The highest BCUT2D eigenvalue weighted by molar-refractivity contribution is 4.91. The third-order valence-corrected chi connectivity index (χ3v) is 3.07. The van der Waals surface area contributed by atoms with Crippen LogP contribution in [0.2, 0.25) is 0 Å². The summed E-state index contributed by atoms with van der Waals surface area (Å²) in [7, 11) is 0. The van der Waals surface area contributed by atoms with Crippen LogP contribution in [0.4, 0.5) is 0 Å². The highest BCUT2D eigenvalue weighted by Gasteiger charge is 2.40. The van der Waals surface area contributed by atoms with Crippen molar-refractivity contribution in [3.8, 4) is 0 Å². The molecule has 1 aliphatic carbocycles. The normalized spacial score (nSPS) is 48.5. The standard InChI is InChI=1S/C10H19NO/c1-8-4-3-5-10(6-8)11-9(2)7-12-10/h8-9,11H,3-7H2,1-2H3/t8-,9+,10+/m0/s1. The second-order valence-electron chi connectivity index (χ2n) is 4.55. The van der Waals surface area contributed by atoms with E-state index in [1.165, 1.54) is 25.7 Å². The summed E-state index contributed by atoms with van der Waals surface area (Å²) in [6.07, 6.45) is 5.11. The third-order valence-electron chi connectivity index (χ3n) is 3.07. The fraction of sp³-hybridized carbons (Fsp3) is 1.00. The fourth-order valence-electron chi connectivity index (χ4n) is 2.58. The molecule has 0 aromatic heterocycles. The van der Waals surface area contributed by atoms with Crippen molar-refractivity contribution in [2.75, 3.05) is 6.61 Å². The second kappa shape index (κ2) is 3.00. The van der Waals surface area contributed by atoms with E-state index < -0.39 is 0 Å². The average Bonchev–Trinajstić information content (AvgIpc) is 2.32. The molecule has 0 amide bonds. The molecule has 0 radical (unpaired) electrons. The van der Waals surface area contributed by atoms with E-state index in [-0.39, 0.29) is 5.72 Å². The van der Waals surface area contributed by atoms with Crippen LogP contribution in [0.15, 0.2) is 0 Å². The number of ether oxygens (including phenoxy) is 1. The Kier molecular flexibility index (Phi) is 2.13. The van der Waals surface area contributed by atoms with Gasteiger partial charge in [0, 0.05) is 6.04 Å². The first kappa shape index (κ1) is 8.52. The molecule has 0 bridgehead atoms. The summed E-state index contributed by atoms with van der Waals surface area (Å²) in [5.41, 5.74) is 0.0666. The summed E-state index contributed by atoms with van der Waals surface area (Å²) in [5, 5.41) is 3.58. The number of rotatable bonds is 0. The Morgan fingerprint density at radius 3 is 2.83 bits per heavy atom. The molecule has 12 heavy (non-hydrogen) atoms. The quantitative estimate of drug-likeness (QED) is 0.598. The van der Waals surface area contributed by atoms with Gasteiger partial charge < -0.3 is 4.74 Å². The molecule has 2 aliphatic rings. The Balaban J connectivity index is 2.00. The van der Waals surface area contributed by atoms with Crippen LogP contribution < -0.4 is 5.32 Å². The van der Waals surface area contributed by atoms with E-state index in [0.717, 1.165) is 12.5 Å². The molecular formula is C10H19NO. The second-order valence-corrected chi connectivity index (χ2v) is 4.55. The van der Waals surface area contributed by atoms with Gasteiger partial charge in [-0.25, -0.2) is 0 Å². The van der Waals surface area contributed by atoms with Crippen molar-refractivity contribution in [2.45, 2.75) is 51.3 Å². The first-order valence-electron chi connectivity index (χ1n) is 5.12. The van der Waals surface area contributed by atoms with E-state index in [1.54, 1.807) is 0 Å². The van der Waals surface area contributed by atoms with Crippen LogP contribution in [0, 0.1) is 5.92 Å². The Labute approximate surface area is 74.7 Å². The van der Waals surface area contributed by atoms with Gasteiger partial charge >= 0.3 is 0 Å². The van der Waals surface area contributed by atoms with Gasteiger partial charge in [0.05, 0.1) is 6.61 Å². The molecule has 1 N–H and O–H groups in total. The van der Waals surface area contributed by atoms with Gasteiger partial charge in [-0.2, -0.15) is 0 Å². The summed E-state index contributed by atoms with van der Waals surface area (Å²) in [4.78, 5) is 0. The van der Waals surface area contributed by atoms with Crippen LogP contribution in [0.3, 0.4) is 0 Å². The number of nitrogens with one attached hydrogen (secondary N) is 1. The predicted molar refractivity (Wildman–Crippen MR) is 48.9 cm³/mol. The zero-order chi connectivity index (χ0) is 8.60. The van der Waals surface area contributed by atoms with Gasteiger partial charge in [-0.05, 0) is 32.1 Å². The Bertz CT molecular complexity index is 167. The monoisotopic (exact) mass is 169 g/mol. The third kappa shape index (κ3) is 1.50. The van der Waals surface area contributed by atoms with E-state index in [0.29, 0.717) is 6.04 Å². The minimum absolute atomic E-state index is 0.0666. The van der Waals surface area contributed by atoms with Gasteiger partial charge in [-0.1, -0.05) is 13.3 Å². The molecule has 2 nitrogen and oxygen atoms in total. The van der Waals surface area contributed by atoms with Crippen LogP contribution in [0.1, 0.15) is 39.5 Å². The van der Waals surface area contributed by atoms with Crippen molar-refractivity contribution >= 4 is 0 Å². The molecule has 3 atom stereocenters. The maximum atomic E-state index is 5.85. The maximum Gasteiger partial charge on any atom is 0.119 e. The minimum Gasteiger partial charge on any atom is -0.359 e. The first-order chi connectivity index (χ1) is 5.70. The highest BCUT2D eigenvalue weighted by atomic mass is 16.5. The minimum atomic E-state index is 0.0666. The van der Waals surface area contributed by atoms with Gasteiger partial charge in [-0.15, -0.1) is 0 Å². The fourth-order valence-corrected chi connectivity index (χ4v) is 2.58. The van der Waals surface area contributed by atoms with Gasteiger partial charge in [0.25, 0.3) is 0 Å². The van der Waals surface area contributed by atoms with Crippen molar-refractivity contribution in [1.29, 1.82) is 0 Å².